The number of Topliss-reactive ketones (excluding diaryl/α,β-unsaturated/α-hetero) is 1. The number of aromatic nitrogens is 1. The summed E-state index contributed by atoms with van der Waals surface area (Å²) >= 11 is 5.82. The lowest BCUT2D eigenvalue weighted by molar-refractivity contribution is 0.0993. The predicted molar refractivity (Wildman–Crippen MR) is 63.6 cm³/mol. The highest BCUT2D eigenvalue weighted by molar-refractivity contribution is 6.33. The fourth-order valence-corrected chi connectivity index (χ4v) is 1.82. The molecule has 0 bridgehead atoms. The number of rotatable bonds is 3. The van der Waals surface area contributed by atoms with Crippen LogP contribution in [0, 0.1) is 11.6 Å². The van der Waals surface area contributed by atoms with Crippen LogP contribution in [0.2, 0.25) is 5.02 Å². The van der Waals surface area contributed by atoms with Gasteiger partial charge in [0.25, 0.3) is 0 Å². The number of carbonyl (C=O) groups excluding carboxylic acids is 1. The topological polar surface area (TPSA) is 30.0 Å². The van der Waals surface area contributed by atoms with Gasteiger partial charge in [0.1, 0.15) is 11.6 Å². The molecule has 0 N–H and O–H groups in total. The molecule has 0 saturated carbocycles. The molecular weight excluding hydrogens is 260 g/mol. The Balaban J connectivity index is 2.24. The molecule has 0 fully saturated rings. The summed E-state index contributed by atoms with van der Waals surface area (Å²) in [6, 6.07) is 4.47. The molecule has 0 unspecified atom stereocenters. The second-order valence-corrected chi connectivity index (χ2v) is 4.14. The molecule has 0 aliphatic heterocycles. The van der Waals surface area contributed by atoms with E-state index >= 15 is 0 Å². The average molecular weight is 268 g/mol. The number of ketones is 1. The highest BCUT2D eigenvalue weighted by Gasteiger charge is 2.12. The largest absolute Gasteiger partial charge is 0.294 e. The highest BCUT2D eigenvalue weighted by atomic mass is 35.5. The first-order valence-corrected chi connectivity index (χ1v) is 5.52. The summed E-state index contributed by atoms with van der Waals surface area (Å²) in [7, 11) is 0. The maximum absolute atomic E-state index is 13.0. The van der Waals surface area contributed by atoms with Gasteiger partial charge in [-0.1, -0.05) is 11.6 Å². The number of pyridine rings is 1. The Hall–Kier alpha value is -1.81. The summed E-state index contributed by atoms with van der Waals surface area (Å²) in [5, 5.41) is 0.222. The Morgan fingerprint density at radius 2 is 1.89 bits per heavy atom. The molecule has 5 heteroatoms. The van der Waals surface area contributed by atoms with Crippen LogP contribution >= 0.6 is 11.6 Å². The van der Waals surface area contributed by atoms with E-state index in [-0.39, 0.29) is 28.4 Å². The normalized spacial score (nSPS) is 10.4. The van der Waals surface area contributed by atoms with E-state index in [2.05, 4.69) is 4.98 Å². The Labute approximate surface area is 107 Å². The second kappa shape index (κ2) is 5.23. The van der Waals surface area contributed by atoms with Crippen molar-refractivity contribution in [2.75, 3.05) is 0 Å². The van der Waals surface area contributed by atoms with Gasteiger partial charge >= 0.3 is 0 Å². The second-order valence-electron chi connectivity index (χ2n) is 3.73. The smallest absolute Gasteiger partial charge is 0.168 e. The summed E-state index contributed by atoms with van der Waals surface area (Å²) in [6.07, 6.45) is 2.67. The third kappa shape index (κ3) is 2.90. The quantitative estimate of drug-likeness (QED) is 0.798. The lowest BCUT2D eigenvalue weighted by atomic mass is 10.0. The van der Waals surface area contributed by atoms with Gasteiger partial charge in [-0.15, -0.1) is 0 Å². The molecule has 0 spiro atoms. The summed E-state index contributed by atoms with van der Waals surface area (Å²) in [5.41, 5.74) is 0.557. The van der Waals surface area contributed by atoms with Crippen molar-refractivity contribution in [2.45, 2.75) is 6.42 Å². The van der Waals surface area contributed by atoms with Crippen molar-refractivity contribution in [1.82, 2.24) is 4.98 Å². The lowest BCUT2D eigenvalue weighted by Gasteiger charge is -2.03. The average Bonchev–Trinajstić information content (AvgIpc) is 2.27. The zero-order chi connectivity index (χ0) is 13.1. The maximum atomic E-state index is 13.0. The van der Waals surface area contributed by atoms with Crippen molar-refractivity contribution in [3.8, 4) is 0 Å². The van der Waals surface area contributed by atoms with Crippen LogP contribution in [0.4, 0.5) is 8.78 Å². The van der Waals surface area contributed by atoms with Gasteiger partial charge in [-0.2, -0.15) is 0 Å². The molecule has 2 aromatic rings. The molecule has 0 atom stereocenters. The molecule has 2 nitrogen and oxygen atoms in total. The van der Waals surface area contributed by atoms with Crippen LogP contribution < -0.4 is 0 Å². The maximum Gasteiger partial charge on any atom is 0.168 e. The van der Waals surface area contributed by atoms with E-state index in [0.717, 1.165) is 18.2 Å². The molecule has 1 aromatic carbocycles. The molecule has 92 valence electrons. The van der Waals surface area contributed by atoms with E-state index in [4.69, 9.17) is 11.6 Å². The van der Waals surface area contributed by atoms with Gasteiger partial charge in [0.05, 0.1) is 5.02 Å². The van der Waals surface area contributed by atoms with Crippen molar-refractivity contribution in [2.24, 2.45) is 0 Å². The van der Waals surface area contributed by atoms with Gasteiger partial charge in [0, 0.05) is 30.4 Å². The molecule has 0 aliphatic rings. The third-order valence-electron chi connectivity index (χ3n) is 2.36. The van der Waals surface area contributed by atoms with Crippen LogP contribution in [-0.2, 0) is 6.42 Å². The summed E-state index contributed by atoms with van der Waals surface area (Å²) in [5.74, 6) is -1.73. The monoisotopic (exact) mass is 267 g/mol. The SMILES string of the molecule is O=C(Cc1cc(F)cc(F)c1)c1ccncc1Cl. The van der Waals surface area contributed by atoms with Gasteiger partial charge < -0.3 is 0 Å². The zero-order valence-corrected chi connectivity index (χ0v) is 9.92. The standard InChI is InChI=1S/C13H8ClF2NO/c14-12-7-17-2-1-11(12)13(18)5-8-3-9(15)6-10(16)4-8/h1-4,6-7H,5H2. The summed E-state index contributed by atoms with van der Waals surface area (Å²) in [4.78, 5) is 15.7. The van der Waals surface area contributed by atoms with Crippen LogP contribution in [0.1, 0.15) is 15.9 Å². The first-order valence-electron chi connectivity index (χ1n) is 5.14. The summed E-state index contributed by atoms with van der Waals surface area (Å²) in [6.45, 7) is 0. The number of nitrogens with zero attached hydrogens (tertiary/aromatic N) is 1. The molecule has 2 rings (SSSR count). The first kappa shape index (κ1) is 12.6. The molecule has 0 aliphatic carbocycles. The van der Waals surface area contributed by atoms with Crippen molar-refractivity contribution in [3.05, 3.63) is 64.4 Å². The first-order chi connectivity index (χ1) is 8.56. The Kier molecular flexibility index (Phi) is 3.67. The number of hydrogen-bond donors (Lipinski definition) is 0. The third-order valence-corrected chi connectivity index (χ3v) is 2.66. The van der Waals surface area contributed by atoms with Crippen LogP contribution in [0.25, 0.3) is 0 Å². The highest BCUT2D eigenvalue weighted by Crippen LogP contribution is 2.17. The fourth-order valence-electron chi connectivity index (χ4n) is 1.59. The zero-order valence-electron chi connectivity index (χ0n) is 9.16. The Morgan fingerprint density at radius 1 is 1.22 bits per heavy atom. The minimum absolute atomic E-state index is 0.113. The molecule has 1 heterocycles. The van der Waals surface area contributed by atoms with E-state index in [9.17, 15) is 13.6 Å². The van der Waals surface area contributed by atoms with Crippen molar-refractivity contribution >= 4 is 17.4 Å². The fraction of sp³-hybridized carbons (Fsp3) is 0.0769. The van der Waals surface area contributed by atoms with Crippen LogP contribution in [0.5, 0.6) is 0 Å². The predicted octanol–water partition coefficient (Wildman–Crippen LogP) is 3.44. The number of benzene rings is 1. The van der Waals surface area contributed by atoms with Crippen molar-refractivity contribution in [3.63, 3.8) is 0 Å². The van der Waals surface area contributed by atoms with Gasteiger partial charge in [0.15, 0.2) is 5.78 Å². The minimum Gasteiger partial charge on any atom is -0.294 e. The van der Waals surface area contributed by atoms with Gasteiger partial charge in [-0.05, 0) is 23.8 Å². The number of hydrogen-bond acceptors (Lipinski definition) is 2. The number of carbonyl (C=O) groups is 1. The van der Waals surface area contributed by atoms with Crippen molar-refractivity contribution in [1.29, 1.82) is 0 Å². The summed E-state index contributed by atoms with van der Waals surface area (Å²) < 4.78 is 25.9. The minimum atomic E-state index is -0.710. The van der Waals surface area contributed by atoms with E-state index in [0.29, 0.717) is 0 Å². The van der Waals surface area contributed by atoms with E-state index in [1.165, 1.54) is 18.5 Å². The number of halogens is 3. The molecule has 0 amide bonds. The molecule has 1 aromatic heterocycles. The van der Waals surface area contributed by atoms with Crippen LogP contribution in [0.15, 0.2) is 36.7 Å². The van der Waals surface area contributed by atoms with Gasteiger partial charge in [0.2, 0.25) is 0 Å². The molecule has 18 heavy (non-hydrogen) atoms. The molecular formula is C13H8ClF2NO. The van der Waals surface area contributed by atoms with Crippen molar-refractivity contribution < 1.29 is 13.6 Å². The van der Waals surface area contributed by atoms with E-state index in [1.54, 1.807) is 0 Å². The van der Waals surface area contributed by atoms with Crippen LogP contribution in [-0.4, -0.2) is 10.8 Å². The Bertz CT molecular complexity index is 581. The van der Waals surface area contributed by atoms with Crippen LogP contribution in [0.3, 0.4) is 0 Å². The van der Waals surface area contributed by atoms with Gasteiger partial charge in [-0.25, -0.2) is 8.78 Å². The van der Waals surface area contributed by atoms with Gasteiger partial charge in [-0.3, -0.25) is 9.78 Å². The lowest BCUT2D eigenvalue weighted by Crippen LogP contribution is -2.05. The molecule has 0 radical (unpaired) electrons. The Morgan fingerprint density at radius 3 is 2.50 bits per heavy atom. The van der Waals surface area contributed by atoms with E-state index < -0.39 is 11.6 Å². The molecule has 0 saturated heterocycles. The van der Waals surface area contributed by atoms with E-state index in [1.807, 2.05) is 0 Å².